The van der Waals surface area contributed by atoms with E-state index in [1.165, 1.54) is 20.0 Å². The van der Waals surface area contributed by atoms with Gasteiger partial charge in [0.15, 0.2) is 0 Å². The number of hydrogen-bond donors (Lipinski definition) is 2. The highest BCUT2D eigenvalue weighted by molar-refractivity contribution is 5.90. The zero-order chi connectivity index (χ0) is 17.4. The number of benzene rings is 1. The average Bonchev–Trinajstić information content (AvgIpc) is 2.58. The number of anilines is 3. The highest BCUT2D eigenvalue weighted by Crippen LogP contribution is 2.18. The Hall–Kier alpha value is -2.63. The van der Waals surface area contributed by atoms with E-state index in [2.05, 4.69) is 27.5 Å². The van der Waals surface area contributed by atoms with Crippen LogP contribution in [0.4, 0.5) is 17.5 Å². The molecule has 6 nitrogen and oxygen atoms in total. The van der Waals surface area contributed by atoms with E-state index in [9.17, 15) is 4.79 Å². The highest BCUT2D eigenvalue weighted by Gasteiger charge is 2.07. The van der Waals surface area contributed by atoms with Crippen molar-refractivity contribution in [3.63, 3.8) is 0 Å². The molecular formula is C18H24N4O2. The van der Waals surface area contributed by atoms with Crippen molar-refractivity contribution in [1.82, 2.24) is 9.97 Å². The van der Waals surface area contributed by atoms with E-state index in [-0.39, 0.29) is 5.97 Å². The van der Waals surface area contributed by atoms with Crippen LogP contribution in [0.15, 0.2) is 30.3 Å². The summed E-state index contributed by atoms with van der Waals surface area (Å²) in [7, 11) is 1.37. The van der Waals surface area contributed by atoms with Crippen LogP contribution < -0.4 is 10.6 Å². The zero-order valence-corrected chi connectivity index (χ0v) is 14.4. The van der Waals surface area contributed by atoms with Crippen molar-refractivity contribution >= 4 is 23.4 Å². The third kappa shape index (κ3) is 5.22. The first-order valence-electron chi connectivity index (χ1n) is 8.17. The largest absolute Gasteiger partial charge is 0.465 e. The van der Waals surface area contributed by atoms with Crippen LogP contribution in [0.2, 0.25) is 0 Å². The van der Waals surface area contributed by atoms with Crippen LogP contribution in [0.3, 0.4) is 0 Å². The van der Waals surface area contributed by atoms with E-state index in [0.29, 0.717) is 17.3 Å². The lowest BCUT2D eigenvalue weighted by molar-refractivity contribution is 0.0601. The van der Waals surface area contributed by atoms with Crippen molar-refractivity contribution in [2.45, 2.75) is 33.1 Å². The van der Waals surface area contributed by atoms with Crippen molar-refractivity contribution in [1.29, 1.82) is 0 Å². The first-order valence-corrected chi connectivity index (χ1v) is 8.17. The maximum absolute atomic E-state index is 11.6. The first-order chi connectivity index (χ1) is 11.6. The minimum absolute atomic E-state index is 0.365. The van der Waals surface area contributed by atoms with E-state index >= 15 is 0 Å². The lowest BCUT2D eigenvalue weighted by Crippen LogP contribution is -2.08. The molecule has 2 rings (SSSR count). The van der Waals surface area contributed by atoms with Gasteiger partial charge in [0.05, 0.1) is 12.7 Å². The molecule has 0 saturated heterocycles. The summed E-state index contributed by atoms with van der Waals surface area (Å²) in [5.74, 6) is 0.927. The molecule has 128 valence electrons. The molecule has 0 aliphatic heterocycles. The minimum Gasteiger partial charge on any atom is -0.465 e. The van der Waals surface area contributed by atoms with Gasteiger partial charge in [0, 0.05) is 24.0 Å². The van der Waals surface area contributed by atoms with Gasteiger partial charge in [-0.1, -0.05) is 25.8 Å². The van der Waals surface area contributed by atoms with Gasteiger partial charge in [-0.25, -0.2) is 9.78 Å². The number of carbonyl (C=O) groups excluding carboxylic acids is 1. The van der Waals surface area contributed by atoms with Crippen molar-refractivity contribution < 1.29 is 9.53 Å². The molecule has 0 fully saturated rings. The zero-order valence-electron chi connectivity index (χ0n) is 14.4. The summed E-state index contributed by atoms with van der Waals surface area (Å²) in [6, 6.07) is 8.98. The summed E-state index contributed by atoms with van der Waals surface area (Å²) < 4.78 is 4.74. The monoisotopic (exact) mass is 328 g/mol. The highest BCUT2D eigenvalue weighted by atomic mass is 16.5. The maximum Gasteiger partial charge on any atom is 0.337 e. The third-order valence-electron chi connectivity index (χ3n) is 3.47. The van der Waals surface area contributed by atoms with Crippen LogP contribution in [0, 0.1) is 6.92 Å². The third-order valence-corrected chi connectivity index (χ3v) is 3.47. The van der Waals surface area contributed by atoms with Crippen molar-refractivity contribution in [2.75, 3.05) is 24.3 Å². The fourth-order valence-electron chi connectivity index (χ4n) is 2.28. The Morgan fingerprint density at radius 1 is 1.21 bits per heavy atom. The summed E-state index contributed by atoms with van der Waals surface area (Å²) in [6.07, 6.45) is 3.46. The molecule has 1 heterocycles. The number of carbonyl (C=O) groups is 1. The van der Waals surface area contributed by atoms with Crippen molar-refractivity contribution in [3.05, 3.63) is 41.6 Å². The van der Waals surface area contributed by atoms with Gasteiger partial charge in [-0.05, 0) is 31.5 Å². The minimum atomic E-state index is -0.365. The average molecular weight is 328 g/mol. The van der Waals surface area contributed by atoms with Crippen LogP contribution in [0.1, 0.15) is 42.2 Å². The molecule has 0 aliphatic carbocycles. The molecule has 6 heteroatoms. The molecule has 0 aliphatic rings. The number of aromatic nitrogens is 2. The molecule has 0 amide bonds. The Morgan fingerprint density at radius 3 is 2.79 bits per heavy atom. The number of methoxy groups -OCH3 is 1. The SMILES string of the molecule is CCCCCNc1nc(C)cc(Nc2cccc(C(=O)OC)c2)n1. The second kappa shape index (κ2) is 8.86. The van der Waals surface area contributed by atoms with Crippen molar-refractivity contribution in [2.24, 2.45) is 0 Å². The lowest BCUT2D eigenvalue weighted by Gasteiger charge is -2.10. The van der Waals surface area contributed by atoms with E-state index in [0.717, 1.165) is 24.3 Å². The number of hydrogen-bond acceptors (Lipinski definition) is 6. The standard InChI is InChI=1S/C18H24N4O2/c1-4-5-6-10-19-18-20-13(2)11-16(22-18)21-15-9-7-8-14(12-15)17(23)24-3/h7-9,11-12H,4-6,10H2,1-3H3,(H2,19,20,21,22). The summed E-state index contributed by atoms with van der Waals surface area (Å²) in [6.45, 7) is 4.96. The molecule has 0 spiro atoms. The summed E-state index contributed by atoms with van der Waals surface area (Å²) in [5, 5.41) is 6.46. The molecule has 24 heavy (non-hydrogen) atoms. The predicted octanol–water partition coefficient (Wildman–Crippen LogP) is 3.92. The Balaban J connectivity index is 2.09. The van der Waals surface area contributed by atoms with Crippen LogP contribution in [0.5, 0.6) is 0 Å². The molecule has 0 radical (unpaired) electrons. The topological polar surface area (TPSA) is 76.1 Å². The number of ether oxygens (including phenoxy) is 1. The van der Waals surface area contributed by atoms with Gasteiger partial charge in [0.25, 0.3) is 0 Å². The van der Waals surface area contributed by atoms with Gasteiger partial charge >= 0.3 is 5.97 Å². The second-order valence-electron chi connectivity index (χ2n) is 5.55. The molecule has 0 bridgehead atoms. The molecule has 1 aromatic carbocycles. The second-order valence-corrected chi connectivity index (χ2v) is 5.55. The normalized spacial score (nSPS) is 10.3. The molecule has 2 aromatic rings. The van der Waals surface area contributed by atoms with Crippen LogP contribution in [-0.4, -0.2) is 29.6 Å². The molecule has 0 atom stereocenters. The van der Waals surface area contributed by atoms with Crippen LogP contribution in [-0.2, 0) is 4.74 Å². The van der Waals surface area contributed by atoms with E-state index < -0.39 is 0 Å². The molecule has 2 N–H and O–H groups in total. The lowest BCUT2D eigenvalue weighted by atomic mass is 10.2. The fourth-order valence-corrected chi connectivity index (χ4v) is 2.28. The summed E-state index contributed by atoms with van der Waals surface area (Å²) in [4.78, 5) is 20.5. The van der Waals surface area contributed by atoms with Crippen LogP contribution >= 0.6 is 0 Å². The number of unbranched alkanes of at least 4 members (excludes halogenated alkanes) is 2. The van der Waals surface area contributed by atoms with Gasteiger partial charge in [-0.2, -0.15) is 4.98 Å². The maximum atomic E-state index is 11.6. The summed E-state index contributed by atoms with van der Waals surface area (Å²) >= 11 is 0. The Kier molecular flexibility index (Phi) is 6.54. The van der Waals surface area contributed by atoms with Crippen LogP contribution in [0.25, 0.3) is 0 Å². The Labute approximate surface area is 142 Å². The van der Waals surface area contributed by atoms with Gasteiger partial charge in [-0.3, -0.25) is 0 Å². The smallest absolute Gasteiger partial charge is 0.337 e. The van der Waals surface area contributed by atoms with E-state index in [1.807, 2.05) is 19.1 Å². The first kappa shape index (κ1) is 17.7. The van der Waals surface area contributed by atoms with Crippen molar-refractivity contribution in [3.8, 4) is 0 Å². The predicted molar refractivity (Wildman–Crippen MR) is 95.8 cm³/mol. The number of aryl methyl sites for hydroxylation is 1. The fraction of sp³-hybridized carbons (Fsp3) is 0.389. The molecule has 0 unspecified atom stereocenters. The molecule has 1 aromatic heterocycles. The van der Waals surface area contributed by atoms with Gasteiger partial charge in [-0.15, -0.1) is 0 Å². The van der Waals surface area contributed by atoms with E-state index in [1.54, 1.807) is 18.2 Å². The van der Waals surface area contributed by atoms with E-state index in [4.69, 9.17) is 4.74 Å². The molecular weight excluding hydrogens is 304 g/mol. The van der Waals surface area contributed by atoms with Gasteiger partial charge in [0.1, 0.15) is 5.82 Å². The number of nitrogens with one attached hydrogen (secondary N) is 2. The number of rotatable bonds is 8. The van der Waals surface area contributed by atoms with Gasteiger partial charge in [0.2, 0.25) is 5.95 Å². The Bertz CT molecular complexity index is 688. The quantitative estimate of drug-likeness (QED) is 0.565. The number of nitrogens with zero attached hydrogens (tertiary/aromatic N) is 2. The molecule has 0 saturated carbocycles. The summed E-state index contributed by atoms with van der Waals surface area (Å²) in [5.41, 5.74) is 2.13. The Morgan fingerprint density at radius 2 is 2.04 bits per heavy atom. The number of esters is 1. The van der Waals surface area contributed by atoms with Gasteiger partial charge < -0.3 is 15.4 Å².